The van der Waals surface area contributed by atoms with Crippen LogP contribution in [0.4, 0.5) is 14.5 Å². The van der Waals surface area contributed by atoms with Gasteiger partial charge in [-0.3, -0.25) is 9.59 Å². The standard InChI is InChI=1S/C19H20F2N4O4/c1-28-15-9-12(18(27)25-7-3-5-19(20,21)10-25)8-14(16(15)29-2)24-17(26)13-4-6-22-11-23-13/h4,6,8-9,11H,3,5,7,10H2,1-2H3,(H,24,26). The Labute approximate surface area is 165 Å². The highest BCUT2D eigenvalue weighted by Gasteiger charge is 2.37. The number of ether oxygens (including phenoxy) is 2. The molecule has 10 heteroatoms. The van der Waals surface area contributed by atoms with Crippen molar-refractivity contribution in [1.29, 1.82) is 0 Å². The molecule has 154 valence electrons. The fourth-order valence-electron chi connectivity index (χ4n) is 3.11. The maximum atomic E-state index is 13.7. The third kappa shape index (κ3) is 4.58. The number of carbonyl (C=O) groups excluding carboxylic acids is 2. The molecule has 0 unspecified atom stereocenters. The molecule has 29 heavy (non-hydrogen) atoms. The summed E-state index contributed by atoms with van der Waals surface area (Å²) in [5, 5.41) is 2.61. The first-order chi connectivity index (χ1) is 13.8. The highest BCUT2D eigenvalue weighted by atomic mass is 19.3. The molecule has 0 spiro atoms. The summed E-state index contributed by atoms with van der Waals surface area (Å²) in [7, 11) is 2.75. The Morgan fingerprint density at radius 1 is 1.24 bits per heavy atom. The second-order valence-electron chi connectivity index (χ2n) is 6.49. The smallest absolute Gasteiger partial charge is 0.274 e. The number of piperidine rings is 1. The molecule has 0 bridgehead atoms. The van der Waals surface area contributed by atoms with Gasteiger partial charge in [-0.1, -0.05) is 0 Å². The lowest BCUT2D eigenvalue weighted by Gasteiger charge is -2.32. The summed E-state index contributed by atoms with van der Waals surface area (Å²) in [6.45, 7) is -0.422. The van der Waals surface area contributed by atoms with E-state index in [-0.39, 0.29) is 47.8 Å². The molecule has 2 aromatic rings. The fraction of sp³-hybridized carbons (Fsp3) is 0.368. The predicted octanol–water partition coefficient (Wildman–Crippen LogP) is 2.62. The van der Waals surface area contributed by atoms with E-state index in [9.17, 15) is 18.4 Å². The van der Waals surface area contributed by atoms with Crippen LogP contribution in [-0.2, 0) is 0 Å². The van der Waals surface area contributed by atoms with Gasteiger partial charge in [-0.05, 0) is 24.6 Å². The number of hydrogen-bond acceptors (Lipinski definition) is 6. The number of alkyl halides is 2. The van der Waals surface area contributed by atoms with Crippen LogP contribution in [0.2, 0.25) is 0 Å². The Kier molecular flexibility index (Phi) is 5.90. The molecule has 0 atom stereocenters. The van der Waals surface area contributed by atoms with E-state index in [4.69, 9.17) is 9.47 Å². The Morgan fingerprint density at radius 3 is 2.66 bits per heavy atom. The Hall–Kier alpha value is -3.30. The van der Waals surface area contributed by atoms with Crippen LogP contribution in [0.5, 0.6) is 11.5 Å². The van der Waals surface area contributed by atoms with Crippen molar-refractivity contribution in [2.24, 2.45) is 0 Å². The third-order valence-corrected chi connectivity index (χ3v) is 4.47. The number of aromatic nitrogens is 2. The molecule has 1 aliphatic heterocycles. The molecule has 8 nitrogen and oxygen atoms in total. The van der Waals surface area contributed by atoms with Gasteiger partial charge in [0.25, 0.3) is 17.7 Å². The van der Waals surface area contributed by atoms with Crippen LogP contribution in [0.1, 0.15) is 33.7 Å². The second kappa shape index (κ2) is 8.38. The largest absolute Gasteiger partial charge is 0.493 e. The molecule has 1 aromatic heterocycles. The Bertz CT molecular complexity index is 909. The lowest BCUT2D eigenvalue weighted by Crippen LogP contribution is -2.45. The second-order valence-corrected chi connectivity index (χ2v) is 6.49. The summed E-state index contributed by atoms with van der Waals surface area (Å²) in [5.74, 6) is -3.69. The molecule has 2 amide bonds. The summed E-state index contributed by atoms with van der Waals surface area (Å²) in [6, 6.07) is 4.19. The normalized spacial score (nSPS) is 15.5. The fourth-order valence-corrected chi connectivity index (χ4v) is 3.11. The molecule has 1 aromatic carbocycles. The minimum Gasteiger partial charge on any atom is -0.493 e. The zero-order chi connectivity index (χ0) is 21.0. The number of hydrogen-bond donors (Lipinski definition) is 1. The van der Waals surface area contributed by atoms with Crippen LogP contribution in [0.15, 0.2) is 30.7 Å². The van der Waals surface area contributed by atoms with Gasteiger partial charge < -0.3 is 19.7 Å². The first-order valence-corrected chi connectivity index (χ1v) is 8.85. The number of carbonyl (C=O) groups is 2. The summed E-state index contributed by atoms with van der Waals surface area (Å²) < 4.78 is 38.0. The minimum atomic E-state index is -2.92. The zero-order valence-corrected chi connectivity index (χ0v) is 15.9. The number of nitrogens with zero attached hydrogens (tertiary/aromatic N) is 3. The van der Waals surface area contributed by atoms with Crippen molar-refractivity contribution in [3.8, 4) is 11.5 Å². The zero-order valence-electron chi connectivity index (χ0n) is 15.9. The molecular formula is C19H20F2N4O4. The lowest BCUT2D eigenvalue weighted by atomic mass is 10.0. The summed E-state index contributed by atoms with van der Waals surface area (Å²) >= 11 is 0. The van der Waals surface area contributed by atoms with Crippen LogP contribution in [-0.4, -0.2) is 59.9 Å². The molecule has 0 aliphatic carbocycles. The van der Waals surface area contributed by atoms with Gasteiger partial charge in [-0.25, -0.2) is 18.7 Å². The van der Waals surface area contributed by atoms with E-state index in [1.54, 1.807) is 0 Å². The van der Waals surface area contributed by atoms with Crippen LogP contribution in [0, 0.1) is 0 Å². The van der Waals surface area contributed by atoms with Gasteiger partial charge in [0.1, 0.15) is 12.0 Å². The van der Waals surface area contributed by atoms with Crippen molar-refractivity contribution < 1.29 is 27.8 Å². The van der Waals surface area contributed by atoms with Gasteiger partial charge in [-0.15, -0.1) is 0 Å². The molecular weight excluding hydrogens is 386 g/mol. The average molecular weight is 406 g/mol. The van der Waals surface area contributed by atoms with Crippen molar-refractivity contribution in [3.63, 3.8) is 0 Å². The van der Waals surface area contributed by atoms with E-state index >= 15 is 0 Å². The lowest BCUT2D eigenvalue weighted by molar-refractivity contribution is -0.0560. The van der Waals surface area contributed by atoms with Gasteiger partial charge in [0.15, 0.2) is 11.5 Å². The van der Waals surface area contributed by atoms with Crippen LogP contribution in [0.25, 0.3) is 0 Å². The first kappa shape index (κ1) is 20.4. The van der Waals surface area contributed by atoms with Crippen molar-refractivity contribution in [2.75, 3.05) is 32.6 Å². The average Bonchev–Trinajstić information content (AvgIpc) is 2.72. The number of rotatable bonds is 5. The topological polar surface area (TPSA) is 93.7 Å². The van der Waals surface area contributed by atoms with E-state index in [1.807, 2.05) is 0 Å². The van der Waals surface area contributed by atoms with Crippen molar-refractivity contribution in [1.82, 2.24) is 14.9 Å². The maximum absolute atomic E-state index is 13.7. The highest BCUT2D eigenvalue weighted by Crippen LogP contribution is 2.38. The van der Waals surface area contributed by atoms with E-state index in [0.29, 0.717) is 0 Å². The number of halogens is 2. The maximum Gasteiger partial charge on any atom is 0.274 e. The molecule has 1 aliphatic rings. The summed E-state index contributed by atoms with van der Waals surface area (Å²) in [4.78, 5) is 34.0. The molecule has 1 N–H and O–H groups in total. The summed E-state index contributed by atoms with van der Waals surface area (Å²) in [5.41, 5.74) is 0.356. The van der Waals surface area contributed by atoms with Gasteiger partial charge in [0.2, 0.25) is 0 Å². The monoisotopic (exact) mass is 406 g/mol. The third-order valence-electron chi connectivity index (χ3n) is 4.47. The van der Waals surface area contributed by atoms with Crippen LogP contribution < -0.4 is 14.8 Å². The minimum absolute atomic E-state index is 0.0957. The van der Waals surface area contributed by atoms with Gasteiger partial charge in [-0.2, -0.15) is 0 Å². The van der Waals surface area contributed by atoms with Crippen molar-refractivity contribution in [3.05, 3.63) is 42.0 Å². The summed E-state index contributed by atoms with van der Waals surface area (Å²) in [6.07, 6.45) is 2.60. The van der Waals surface area contributed by atoms with E-state index < -0.39 is 24.3 Å². The quantitative estimate of drug-likeness (QED) is 0.821. The molecule has 0 radical (unpaired) electrons. The number of likely N-dealkylation sites (tertiary alicyclic amines) is 1. The molecule has 1 fully saturated rings. The SMILES string of the molecule is COc1cc(C(=O)N2CCCC(F)(F)C2)cc(NC(=O)c2ccncn2)c1OC. The molecule has 1 saturated heterocycles. The van der Waals surface area contributed by atoms with Gasteiger partial charge in [0.05, 0.1) is 26.5 Å². The number of methoxy groups -OCH3 is 2. The number of benzene rings is 1. The van der Waals surface area contributed by atoms with Crippen molar-refractivity contribution in [2.45, 2.75) is 18.8 Å². The van der Waals surface area contributed by atoms with E-state index in [0.717, 1.165) is 4.90 Å². The van der Waals surface area contributed by atoms with Crippen LogP contribution >= 0.6 is 0 Å². The molecule has 0 saturated carbocycles. The van der Waals surface area contributed by atoms with E-state index in [1.165, 1.54) is 44.9 Å². The Morgan fingerprint density at radius 2 is 2.03 bits per heavy atom. The Balaban J connectivity index is 1.93. The van der Waals surface area contributed by atoms with E-state index in [2.05, 4.69) is 15.3 Å². The highest BCUT2D eigenvalue weighted by molar-refractivity contribution is 6.05. The van der Waals surface area contributed by atoms with Gasteiger partial charge >= 0.3 is 0 Å². The number of anilines is 1. The van der Waals surface area contributed by atoms with Gasteiger partial charge in [0, 0.05) is 24.7 Å². The molecule has 2 heterocycles. The van der Waals surface area contributed by atoms with Crippen molar-refractivity contribution >= 4 is 17.5 Å². The van der Waals surface area contributed by atoms with Crippen LogP contribution in [0.3, 0.4) is 0 Å². The number of nitrogens with one attached hydrogen (secondary N) is 1. The molecule has 3 rings (SSSR count). The first-order valence-electron chi connectivity index (χ1n) is 8.85. The predicted molar refractivity (Wildman–Crippen MR) is 99.6 cm³/mol. The number of amides is 2.